The average Bonchev–Trinajstić information content (AvgIpc) is 3.42. The first-order chi connectivity index (χ1) is 13.8. The van der Waals surface area contributed by atoms with Gasteiger partial charge in [-0.3, -0.25) is 14.6 Å². The predicted molar refractivity (Wildman–Crippen MR) is 114 cm³/mol. The maximum Gasteiger partial charge on any atom is 0.260 e. The van der Waals surface area contributed by atoms with Crippen LogP contribution < -0.4 is 4.90 Å². The van der Waals surface area contributed by atoms with Crippen LogP contribution in [-0.4, -0.2) is 29.0 Å². The van der Waals surface area contributed by atoms with E-state index in [0.717, 1.165) is 46.9 Å². The third-order valence-electron chi connectivity index (χ3n) is 5.93. The Morgan fingerprint density at radius 2 is 1.89 bits per heavy atom. The predicted octanol–water partition coefficient (Wildman–Crippen LogP) is 5.20. The van der Waals surface area contributed by atoms with Crippen molar-refractivity contribution in [2.24, 2.45) is 0 Å². The molecule has 0 radical (unpaired) electrons. The van der Waals surface area contributed by atoms with E-state index in [1.807, 2.05) is 29.2 Å². The molecule has 6 rings (SSSR count). The number of amides is 1. The highest BCUT2D eigenvalue weighted by Crippen LogP contribution is 2.40. The first-order valence-corrected chi connectivity index (χ1v) is 10.5. The molecule has 3 aromatic carbocycles. The lowest BCUT2D eigenvalue weighted by Gasteiger charge is -2.28. The number of aromatic nitrogens is 1. The number of nitrogens with zero attached hydrogens (tertiary/aromatic N) is 3. The SMILES string of the molecule is O=C1c2cccc3cccc(c23)N1CN1CCC[C@H]1c1nc2ccccc2s1. The Labute approximate surface area is 167 Å². The van der Waals surface area contributed by atoms with Gasteiger partial charge in [-0.15, -0.1) is 11.3 Å². The molecule has 138 valence electrons. The highest BCUT2D eigenvalue weighted by molar-refractivity contribution is 7.18. The van der Waals surface area contributed by atoms with Crippen molar-refractivity contribution in [3.05, 3.63) is 71.2 Å². The summed E-state index contributed by atoms with van der Waals surface area (Å²) in [5, 5.41) is 3.39. The lowest BCUT2D eigenvalue weighted by molar-refractivity contribution is 0.0971. The molecular formula is C23H19N3OS. The first-order valence-electron chi connectivity index (χ1n) is 9.73. The molecule has 2 aliphatic rings. The second-order valence-electron chi connectivity index (χ2n) is 7.55. The summed E-state index contributed by atoms with van der Waals surface area (Å²) in [7, 11) is 0. The summed E-state index contributed by atoms with van der Waals surface area (Å²) in [5.41, 5.74) is 2.93. The van der Waals surface area contributed by atoms with Crippen LogP contribution in [0.25, 0.3) is 21.0 Å². The molecule has 28 heavy (non-hydrogen) atoms. The number of likely N-dealkylation sites (tertiary alicyclic amines) is 1. The molecule has 0 unspecified atom stereocenters. The molecule has 0 saturated carbocycles. The summed E-state index contributed by atoms with van der Waals surface area (Å²) in [4.78, 5) is 22.4. The van der Waals surface area contributed by atoms with Crippen LogP contribution >= 0.6 is 11.3 Å². The van der Waals surface area contributed by atoms with Crippen molar-refractivity contribution in [2.45, 2.75) is 18.9 Å². The molecule has 0 bridgehead atoms. The molecule has 1 fully saturated rings. The molecule has 3 heterocycles. The van der Waals surface area contributed by atoms with E-state index < -0.39 is 0 Å². The third kappa shape index (κ3) is 2.33. The van der Waals surface area contributed by atoms with Crippen LogP contribution in [0.15, 0.2) is 60.7 Å². The number of anilines is 1. The Morgan fingerprint density at radius 3 is 2.79 bits per heavy atom. The fourth-order valence-electron chi connectivity index (χ4n) is 4.61. The van der Waals surface area contributed by atoms with E-state index in [2.05, 4.69) is 41.3 Å². The molecule has 1 saturated heterocycles. The molecule has 1 atom stereocenters. The lowest BCUT2D eigenvalue weighted by atomic mass is 10.1. The van der Waals surface area contributed by atoms with E-state index >= 15 is 0 Å². The number of rotatable bonds is 3. The number of hydrogen-bond donors (Lipinski definition) is 0. The summed E-state index contributed by atoms with van der Waals surface area (Å²) in [6.07, 6.45) is 2.23. The van der Waals surface area contributed by atoms with E-state index in [-0.39, 0.29) is 11.9 Å². The molecule has 5 heteroatoms. The summed E-state index contributed by atoms with van der Waals surface area (Å²) in [6, 6.07) is 20.8. The maximum absolute atomic E-state index is 13.1. The van der Waals surface area contributed by atoms with Gasteiger partial charge >= 0.3 is 0 Å². The monoisotopic (exact) mass is 385 g/mol. The van der Waals surface area contributed by atoms with Gasteiger partial charge in [0.15, 0.2) is 0 Å². The zero-order valence-corrected chi connectivity index (χ0v) is 16.2. The fourth-order valence-corrected chi connectivity index (χ4v) is 5.75. The van der Waals surface area contributed by atoms with Gasteiger partial charge in [0.1, 0.15) is 5.01 Å². The summed E-state index contributed by atoms with van der Waals surface area (Å²) in [6.45, 7) is 1.61. The number of thiazole rings is 1. The van der Waals surface area contributed by atoms with Crippen LogP contribution in [0.1, 0.15) is 34.2 Å². The van der Waals surface area contributed by atoms with Crippen LogP contribution in [0.5, 0.6) is 0 Å². The van der Waals surface area contributed by atoms with Crippen molar-refractivity contribution >= 4 is 43.9 Å². The van der Waals surface area contributed by atoms with Gasteiger partial charge in [-0.25, -0.2) is 4.98 Å². The fraction of sp³-hybridized carbons (Fsp3) is 0.217. The zero-order valence-electron chi connectivity index (χ0n) is 15.3. The standard InChI is InChI=1S/C23H19N3OS/c27-23-16-8-3-6-15-7-4-10-18(21(15)16)26(23)14-25-13-5-11-19(25)22-24-17-9-1-2-12-20(17)28-22/h1-4,6-10,12,19H,5,11,13-14H2/t19-/m0/s1. The minimum Gasteiger partial charge on any atom is -0.294 e. The molecule has 0 spiro atoms. The summed E-state index contributed by atoms with van der Waals surface area (Å²) >= 11 is 1.78. The van der Waals surface area contributed by atoms with Crippen molar-refractivity contribution in [1.29, 1.82) is 0 Å². The van der Waals surface area contributed by atoms with E-state index in [0.29, 0.717) is 6.67 Å². The van der Waals surface area contributed by atoms with E-state index in [4.69, 9.17) is 4.98 Å². The van der Waals surface area contributed by atoms with Crippen molar-refractivity contribution in [3.8, 4) is 0 Å². The van der Waals surface area contributed by atoms with Gasteiger partial charge in [0, 0.05) is 17.5 Å². The van der Waals surface area contributed by atoms with Crippen molar-refractivity contribution in [3.63, 3.8) is 0 Å². The Kier molecular flexibility index (Phi) is 3.55. The Hall–Kier alpha value is -2.76. The number of benzene rings is 3. The molecule has 2 aliphatic heterocycles. The smallest absolute Gasteiger partial charge is 0.260 e. The van der Waals surface area contributed by atoms with Crippen LogP contribution in [0, 0.1) is 0 Å². The molecule has 1 aromatic heterocycles. The molecule has 1 amide bonds. The first kappa shape index (κ1) is 16.2. The van der Waals surface area contributed by atoms with Crippen LogP contribution in [0.2, 0.25) is 0 Å². The Morgan fingerprint density at radius 1 is 1.04 bits per heavy atom. The molecule has 4 nitrogen and oxygen atoms in total. The largest absolute Gasteiger partial charge is 0.294 e. The van der Waals surface area contributed by atoms with Crippen LogP contribution in [-0.2, 0) is 0 Å². The highest BCUT2D eigenvalue weighted by Gasteiger charge is 2.35. The number of carbonyl (C=O) groups excluding carboxylic acids is 1. The Balaban J connectivity index is 1.35. The second-order valence-corrected chi connectivity index (χ2v) is 8.61. The maximum atomic E-state index is 13.1. The van der Waals surface area contributed by atoms with Gasteiger partial charge in [-0.1, -0.05) is 36.4 Å². The summed E-state index contributed by atoms with van der Waals surface area (Å²) < 4.78 is 1.23. The van der Waals surface area contributed by atoms with E-state index in [1.54, 1.807) is 11.3 Å². The van der Waals surface area contributed by atoms with Crippen LogP contribution in [0.4, 0.5) is 5.69 Å². The number of carbonyl (C=O) groups is 1. The zero-order chi connectivity index (χ0) is 18.7. The van der Waals surface area contributed by atoms with Gasteiger partial charge in [-0.05, 0) is 42.5 Å². The van der Waals surface area contributed by atoms with Gasteiger partial charge in [0.05, 0.1) is 28.6 Å². The Bertz CT molecular complexity index is 1190. The molecular weight excluding hydrogens is 366 g/mol. The average molecular weight is 385 g/mol. The highest BCUT2D eigenvalue weighted by atomic mass is 32.1. The number of fused-ring (bicyclic) bond motifs is 1. The number of para-hydroxylation sites is 1. The van der Waals surface area contributed by atoms with Gasteiger partial charge in [0.25, 0.3) is 5.91 Å². The van der Waals surface area contributed by atoms with Gasteiger partial charge < -0.3 is 0 Å². The van der Waals surface area contributed by atoms with E-state index in [9.17, 15) is 4.79 Å². The lowest BCUT2D eigenvalue weighted by Crippen LogP contribution is -2.39. The quantitative estimate of drug-likeness (QED) is 0.486. The second kappa shape index (κ2) is 6.12. The summed E-state index contributed by atoms with van der Waals surface area (Å²) in [5.74, 6) is 0.113. The normalized spacial score (nSPS) is 19.4. The minimum atomic E-state index is 0.113. The number of hydrogen-bond acceptors (Lipinski definition) is 4. The van der Waals surface area contributed by atoms with Gasteiger partial charge in [0.2, 0.25) is 0 Å². The van der Waals surface area contributed by atoms with Crippen molar-refractivity contribution < 1.29 is 4.79 Å². The van der Waals surface area contributed by atoms with Crippen molar-refractivity contribution in [1.82, 2.24) is 9.88 Å². The van der Waals surface area contributed by atoms with Crippen LogP contribution in [0.3, 0.4) is 0 Å². The molecule has 4 aromatic rings. The van der Waals surface area contributed by atoms with Crippen molar-refractivity contribution in [2.75, 3.05) is 18.1 Å². The topological polar surface area (TPSA) is 36.4 Å². The van der Waals surface area contributed by atoms with Gasteiger partial charge in [-0.2, -0.15) is 0 Å². The minimum absolute atomic E-state index is 0.113. The molecule has 0 N–H and O–H groups in total. The molecule has 0 aliphatic carbocycles. The third-order valence-corrected chi connectivity index (χ3v) is 7.07. The van der Waals surface area contributed by atoms with E-state index in [1.165, 1.54) is 9.71 Å².